The summed E-state index contributed by atoms with van der Waals surface area (Å²) in [6, 6.07) is -0.826. The topological polar surface area (TPSA) is 149 Å². The fourth-order valence-electron chi connectivity index (χ4n) is 10.5. The number of hydrogen-bond donors (Lipinski definition) is 6. The zero-order valence-corrected chi connectivity index (χ0v) is 51.4. The molecule has 0 aromatic carbocycles. The van der Waals surface area contributed by atoms with Crippen LogP contribution in [0.25, 0.3) is 0 Å². The lowest BCUT2D eigenvalue weighted by molar-refractivity contribution is -0.302. The third-order valence-corrected chi connectivity index (χ3v) is 15.8. The molecule has 1 rings (SSSR count). The summed E-state index contributed by atoms with van der Waals surface area (Å²) in [5.41, 5.74) is 0. The molecule has 6 N–H and O–H groups in total. The zero-order valence-electron chi connectivity index (χ0n) is 51.4. The minimum Gasteiger partial charge on any atom is -0.394 e. The first-order chi connectivity index (χ1) is 38.8. The van der Waals surface area contributed by atoms with Crippen LogP contribution in [0.4, 0.5) is 0 Å². The standard InChI is InChI=1S/C70H127NO8/c1-3-5-7-9-11-13-15-17-19-21-23-25-27-29-31-32-34-36-38-40-42-44-46-48-50-52-54-56-58-60-66(74)71-63(62-78-70-69(77)68(76)67(75)65(61-72)79-70)64(73)59-57-55-53-51-49-47-45-43-41-39-37-35-33-30-28-26-24-22-20-18-16-14-12-10-8-6-4-2/h5,7,11,13,17,19,23,25,49,51,57,59,63-65,67-70,72-73,75-77H,3-4,6,8-10,12,14-16,18,20-22,24,26-48,50,52-56,58,60-62H2,1-2H3,(H,71,74)/b7-5-,13-11-,19-17-,25-23-,51-49+,59-57+. The van der Waals surface area contributed by atoms with Crippen molar-refractivity contribution in [1.29, 1.82) is 0 Å². The van der Waals surface area contributed by atoms with E-state index in [1.807, 2.05) is 6.08 Å². The van der Waals surface area contributed by atoms with E-state index in [0.717, 1.165) is 64.2 Å². The molecule has 0 aliphatic carbocycles. The molecular weight excluding hydrogens is 983 g/mol. The molecule has 9 heteroatoms. The van der Waals surface area contributed by atoms with Gasteiger partial charge in [0.2, 0.25) is 5.91 Å². The minimum absolute atomic E-state index is 0.185. The van der Waals surface area contributed by atoms with Crippen molar-refractivity contribution in [3.63, 3.8) is 0 Å². The SMILES string of the molecule is CC/C=C\C/C=C\C/C=C\C/C=C\CCCCCCCCCCCCCCCCCCC(=O)NC(COC1OC(CO)C(O)C(O)C1O)C(O)/C=C/CC/C=C/CCCCCCCCCCCCCCCCCCCCCCC. The van der Waals surface area contributed by atoms with E-state index in [0.29, 0.717) is 6.42 Å². The fraction of sp³-hybridized carbons (Fsp3) is 0.814. The van der Waals surface area contributed by atoms with E-state index in [-0.39, 0.29) is 12.5 Å². The van der Waals surface area contributed by atoms with E-state index in [2.05, 4.69) is 79.9 Å². The van der Waals surface area contributed by atoms with Crippen molar-refractivity contribution in [2.24, 2.45) is 0 Å². The highest BCUT2D eigenvalue weighted by atomic mass is 16.7. The van der Waals surface area contributed by atoms with Crippen molar-refractivity contribution in [1.82, 2.24) is 5.32 Å². The zero-order chi connectivity index (χ0) is 57.2. The van der Waals surface area contributed by atoms with Crippen molar-refractivity contribution < 1.29 is 39.8 Å². The average Bonchev–Trinajstić information content (AvgIpc) is 3.47. The second-order valence-corrected chi connectivity index (χ2v) is 23.2. The van der Waals surface area contributed by atoms with E-state index >= 15 is 0 Å². The maximum absolute atomic E-state index is 13.1. The van der Waals surface area contributed by atoms with Crippen molar-refractivity contribution in [3.05, 3.63) is 72.9 Å². The van der Waals surface area contributed by atoms with Crippen molar-refractivity contribution in [2.45, 2.75) is 352 Å². The first kappa shape index (κ1) is 74.6. The molecule has 0 bridgehead atoms. The summed E-state index contributed by atoms with van der Waals surface area (Å²) in [5, 5.41) is 54.7. The number of carbonyl (C=O) groups excluding carboxylic acids is 1. The highest BCUT2D eigenvalue weighted by Gasteiger charge is 2.44. The molecular formula is C70H127NO8. The van der Waals surface area contributed by atoms with Gasteiger partial charge in [-0.15, -0.1) is 0 Å². The summed E-state index contributed by atoms with van der Waals surface area (Å²) < 4.78 is 11.3. The van der Waals surface area contributed by atoms with Crippen LogP contribution in [0.2, 0.25) is 0 Å². The summed E-state index contributed by atoms with van der Waals surface area (Å²) in [5.74, 6) is -0.185. The minimum atomic E-state index is -1.58. The van der Waals surface area contributed by atoms with Gasteiger partial charge in [0.05, 0.1) is 25.4 Å². The first-order valence-corrected chi connectivity index (χ1v) is 33.7. The summed E-state index contributed by atoms with van der Waals surface area (Å²) in [6.45, 7) is 3.69. The van der Waals surface area contributed by atoms with Crippen molar-refractivity contribution >= 4 is 5.91 Å². The molecule has 0 aromatic heterocycles. The largest absolute Gasteiger partial charge is 0.394 e. The Morgan fingerprint density at radius 2 is 0.797 bits per heavy atom. The normalized spacial score (nSPS) is 19.0. The van der Waals surface area contributed by atoms with Gasteiger partial charge in [-0.3, -0.25) is 4.79 Å². The van der Waals surface area contributed by atoms with Gasteiger partial charge >= 0.3 is 0 Å². The molecule has 0 radical (unpaired) electrons. The van der Waals surface area contributed by atoms with Crippen LogP contribution >= 0.6 is 0 Å². The lowest BCUT2D eigenvalue weighted by Gasteiger charge is -2.40. The number of carbonyl (C=O) groups is 1. The van der Waals surface area contributed by atoms with Crippen molar-refractivity contribution in [2.75, 3.05) is 13.2 Å². The highest BCUT2D eigenvalue weighted by Crippen LogP contribution is 2.23. The Balaban J connectivity index is 2.17. The van der Waals surface area contributed by atoms with Crippen LogP contribution in [0, 0.1) is 0 Å². The summed E-state index contributed by atoms with van der Waals surface area (Å²) in [4.78, 5) is 13.1. The predicted octanol–water partition coefficient (Wildman–Crippen LogP) is 18.0. The molecule has 1 fully saturated rings. The molecule has 9 nitrogen and oxygen atoms in total. The van der Waals surface area contributed by atoms with E-state index < -0.39 is 49.5 Å². The lowest BCUT2D eigenvalue weighted by Crippen LogP contribution is -2.60. The highest BCUT2D eigenvalue weighted by molar-refractivity contribution is 5.76. The third-order valence-electron chi connectivity index (χ3n) is 15.8. The number of aliphatic hydroxyl groups is 5. The molecule has 1 heterocycles. The number of rotatable bonds is 58. The van der Waals surface area contributed by atoms with Gasteiger partial charge in [-0.2, -0.15) is 0 Å². The Hall–Kier alpha value is -2.37. The van der Waals surface area contributed by atoms with E-state index in [1.165, 1.54) is 225 Å². The third kappa shape index (κ3) is 47.8. The molecule has 7 unspecified atom stereocenters. The predicted molar refractivity (Wildman–Crippen MR) is 336 cm³/mol. The summed E-state index contributed by atoms with van der Waals surface area (Å²) in [7, 11) is 0. The van der Waals surface area contributed by atoms with Crippen LogP contribution < -0.4 is 5.32 Å². The Labute approximate surface area is 487 Å². The monoisotopic (exact) mass is 1110 g/mol. The molecule has 1 aliphatic heterocycles. The van der Waals surface area contributed by atoms with Gasteiger partial charge in [-0.1, -0.05) is 305 Å². The van der Waals surface area contributed by atoms with Crippen LogP contribution in [-0.2, 0) is 14.3 Å². The van der Waals surface area contributed by atoms with Crippen molar-refractivity contribution in [3.8, 4) is 0 Å². The second kappa shape index (κ2) is 58.8. The van der Waals surface area contributed by atoms with Gasteiger partial charge in [-0.05, 0) is 70.6 Å². The summed E-state index contributed by atoms with van der Waals surface area (Å²) in [6.07, 6.45) is 75.7. The first-order valence-electron chi connectivity index (χ1n) is 33.7. The van der Waals surface area contributed by atoms with Gasteiger partial charge in [0.25, 0.3) is 0 Å². The van der Waals surface area contributed by atoms with Crippen LogP contribution in [0.15, 0.2) is 72.9 Å². The smallest absolute Gasteiger partial charge is 0.220 e. The molecule has 0 saturated carbocycles. The Morgan fingerprint density at radius 3 is 1.22 bits per heavy atom. The van der Waals surface area contributed by atoms with Crippen LogP contribution in [0.3, 0.4) is 0 Å². The maximum atomic E-state index is 13.1. The van der Waals surface area contributed by atoms with E-state index in [9.17, 15) is 30.3 Å². The fourth-order valence-corrected chi connectivity index (χ4v) is 10.5. The van der Waals surface area contributed by atoms with Gasteiger partial charge < -0.3 is 40.3 Å². The molecule has 0 spiro atoms. The second-order valence-electron chi connectivity index (χ2n) is 23.2. The number of allylic oxidation sites excluding steroid dienone is 11. The van der Waals surface area contributed by atoms with E-state index in [1.54, 1.807) is 6.08 Å². The van der Waals surface area contributed by atoms with Gasteiger partial charge in [0.1, 0.15) is 24.4 Å². The maximum Gasteiger partial charge on any atom is 0.220 e. The number of amides is 1. The van der Waals surface area contributed by atoms with Gasteiger partial charge in [0, 0.05) is 6.42 Å². The van der Waals surface area contributed by atoms with Crippen LogP contribution in [-0.4, -0.2) is 87.5 Å². The number of unbranched alkanes of at least 4 members (excludes halogenated alkanes) is 38. The Kier molecular flexibility index (Phi) is 55.6. The molecule has 79 heavy (non-hydrogen) atoms. The summed E-state index contributed by atoms with van der Waals surface area (Å²) >= 11 is 0. The average molecular weight is 1110 g/mol. The molecule has 7 atom stereocenters. The molecule has 460 valence electrons. The molecule has 1 aliphatic rings. The van der Waals surface area contributed by atoms with Gasteiger partial charge in [-0.25, -0.2) is 0 Å². The molecule has 1 amide bonds. The Morgan fingerprint density at radius 1 is 0.443 bits per heavy atom. The molecule has 0 aromatic rings. The van der Waals surface area contributed by atoms with Crippen LogP contribution in [0.5, 0.6) is 0 Å². The van der Waals surface area contributed by atoms with Gasteiger partial charge in [0.15, 0.2) is 6.29 Å². The molecule has 1 saturated heterocycles. The Bertz CT molecular complexity index is 1470. The number of hydrogen-bond acceptors (Lipinski definition) is 8. The number of ether oxygens (including phenoxy) is 2. The lowest BCUT2D eigenvalue weighted by atomic mass is 9.99. The van der Waals surface area contributed by atoms with E-state index in [4.69, 9.17) is 9.47 Å². The quantitative estimate of drug-likeness (QED) is 0.0261. The number of nitrogens with one attached hydrogen (secondary N) is 1. The van der Waals surface area contributed by atoms with Crippen LogP contribution in [0.1, 0.15) is 309 Å². The number of aliphatic hydroxyl groups excluding tert-OH is 5.